The van der Waals surface area contributed by atoms with Crippen molar-refractivity contribution >= 4 is 25.1 Å². The highest BCUT2D eigenvalue weighted by Crippen LogP contribution is 2.33. The Morgan fingerprint density at radius 2 is 2.06 bits per heavy atom. The second kappa shape index (κ2) is 12.5. The normalized spacial score (nSPS) is 13.5. The molecule has 196 valence electrons. The summed E-state index contributed by atoms with van der Waals surface area (Å²) in [5, 5.41) is 20.7. The van der Waals surface area contributed by atoms with Crippen LogP contribution in [0, 0.1) is 12.1 Å². The summed E-state index contributed by atoms with van der Waals surface area (Å²) in [5.41, 5.74) is 2.50. The van der Waals surface area contributed by atoms with E-state index in [1.807, 2.05) is 29.8 Å². The van der Waals surface area contributed by atoms with Crippen molar-refractivity contribution in [1.82, 2.24) is 9.55 Å². The van der Waals surface area contributed by atoms with Crippen molar-refractivity contribution in [2.75, 3.05) is 19.8 Å². The summed E-state index contributed by atoms with van der Waals surface area (Å²) in [6, 6.07) is 10.1. The number of hydroxylamine groups is 2. The second-order valence-corrected chi connectivity index (χ2v) is 15.7. The fraction of sp³-hybridized carbons (Fsp3) is 0.462. The van der Waals surface area contributed by atoms with Crippen LogP contribution in [0.3, 0.4) is 0 Å². The Morgan fingerprint density at radius 3 is 2.75 bits per heavy atom. The molecule has 0 fully saturated rings. The number of carbonyl (C=O) groups excluding carboxylic acids is 1. The van der Waals surface area contributed by atoms with Crippen LogP contribution in [0.5, 0.6) is 11.5 Å². The van der Waals surface area contributed by atoms with Gasteiger partial charge in [-0.05, 0) is 49.2 Å². The van der Waals surface area contributed by atoms with Crippen molar-refractivity contribution in [2.24, 2.45) is 0 Å². The summed E-state index contributed by atoms with van der Waals surface area (Å²) in [4.78, 5) is 16.6. The molecule has 10 heteroatoms. The molecule has 9 nitrogen and oxygen atoms in total. The smallest absolute Gasteiger partial charge is 0.306 e. The molecule has 0 aliphatic rings. The Balaban J connectivity index is 1.81. The molecule has 0 saturated heterocycles. The van der Waals surface area contributed by atoms with E-state index in [4.69, 9.17) is 14.2 Å². The number of carbonyl (C=O) groups is 1. The number of esters is 1. The van der Waals surface area contributed by atoms with Crippen LogP contribution in [0.4, 0.5) is 0 Å². The zero-order chi connectivity index (χ0) is 26.3. The zero-order valence-corrected chi connectivity index (χ0v) is 22.7. The van der Waals surface area contributed by atoms with Gasteiger partial charge in [-0.1, -0.05) is 31.8 Å². The average molecular weight is 516 g/mol. The molecule has 2 N–H and O–H groups in total. The predicted octanol–water partition coefficient (Wildman–Crippen LogP) is 4.26. The summed E-state index contributed by atoms with van der Waals surface area (Å²) < 4.78 is 19.2. The average Bonchev–Trinajstić information content (AvgIpc) is 3.12. The lowest BCUT2D eigenvalue weighted by Crippen LogP contribution is -3.05. The number of benzene rings is 1. The molecule has 0 aliphatic heterocycles. The minimum atomic E-state index is -1.16. The molecule has 2 unspecified atom stereocenters. The third kappa shape index (κ3) is 7.87. The molecule has 2 aromatic heterocycles. The molecule has 0 bridgehead atoms. The van der Waals surface area contributed by atoms with Crippen LogP contribution in [0.25, 0.3) is 11.0 Å². The van der Waals surface area contributed by atoms with E-state index >= 15 is 0 Å². The number of nitrogens with one attached hydrogen (secondary N) is 1. The lowest BCUT2D eigenvalue weighted by atomic mass is 9.95. The highest BCUT2D eigenvalue weighted by Gasteiger charge is 2.21. The number of ether oxygens (including phenoxy) is 3. The number of quaternary nitrogens is 1. The minimum Gasteiger partial charge on any atom is -0.600 e. The zero-order valence-electron chi connectivity index (χ0n) is 21.7. The van der Waals surface area contributed by atoms with Crippen LogP contribution in [0.15, 0.2) is 42.7 Å². The molecule has 1 aromatic carbocycles. The molecule has 3 aromatic rings. The molecule has 0 saturated carbocycles. The first-order chi connectivity index (χ1) is 17.1. The van der Waals surface area contributed by atoms with Gasteiger partial charge in [0.25, 0.3) is 0 Å². The van der Waals surface area contributed by atoms with Gasteiger partial charge >= 0.3 is 5.97 Å². The van der Waals surface area contributed by atoms with Crippen LogP contribution in [0.1, 0.15) is 30.4 Å². The van der Waals surface area contributed by atoms with Crippen LogP contribution < -0.4 is 9.96 Å². The van der Waals surface area contributed by atoms with Gasteiger partial charge in [-0.25, -0.2) is 15.4 Å². The summed E-state index contributed by atoms with van der Waals surface area (Å²) in [6.07, 6.45) is 3.70. The van der Waals surface area contributed by atoms with Gasteiger partial charge < -0.3 is 24.0 Å². The Labute approximate surface area is 213 Å². The minimum absolute atomic E-state index is 0.0112. The van der Waals surface area contributed by atoms with E-state index in [9.17, 15) is 15.2 Å². The number of hydrogen-bond donors (Lipinski definition) is 2. The number of nitrogens with zero attached hydrogens (tertiary/aromatic N) is 2. The lowest BCUT2D eigenvalue weighted by Gasteiger charge is -2.21. The monoisotopic (exact) mass is 515 g/mol. The van der Waals surface area contributed by atoms with Gasteiger partial charge in [-0.15, -0.1) is 0 Å². The van der Waals surface area contributed by atoms with Crippen molar-refractivity contribution in [3.63, 3.8) is 0 Å². The first-order valence-corrected chi connectivity index (χ1v) is 16.0. The van der Waals surface area contributed by atoms with E-state index in [1.165, 1.54) is 0 Å². The Kier molecular flexibility index (Phi) is 9.63. The fourth-order valence-corrected chi connectivity index (χ4v) is 4.76. The highest BCUT2D eigenvalue weighted by molar-refractivity contribution is 6.76. The summed E-state index contributed by atoms with van der Waals surface area (Å²) in [7, 11) is -1.16. The maximum Gasteiger partial charge on any atom is 0.306 e. The Bertz CT molecular complexity index is 1160. The SMILES string of the molecule is CCOC(=O)CC(C[NH+]([O-])O)c1cccc(Oc2ccnc3c2c(C)cn3COCC[Si](C)(C)C)c1. The molecule has 0 spiro atoms. The van der Waals surface area contributed by atoms with Crippen molar-refractivity contribution < 1.29 is 29.4 Å². The molecule has 2 atom stereocenters. The maximum atomic E-state index is 12.0. The topological polar surface area (TPSA) is 110 Å². The van der Waals surface area contributed by atoms with Crippen LogP contribution >= 0.6 is 0 Å². The molecule has 0 amide bonds. The van der Waals surface area contributed by atoms with E-state index in [1.54, 1.807) is 31.3 Å². The van der Waals surface area contributed by atoms with Crippen LogP contribution in [-0.4, -0.2) is 48.6 Å². The van der Waals surface area contributed by atoms with Crippen molar-refractivity contribution in [3.05, 3.63) is 59.1 Å². The molecular formula is C26H37N3O6Si. The third-order valence-corrected chi connectivity index (χ3v) is 7.54. The first-order valence-electron chi connectivity index (χ1n) is 12.2. The van der Waals surface area contributed by atoms with Gasteiger partial charge in [0.2, 0.25) is 0 Å². The van der Waals surface area contributed by atoms with E-state index in [0.29, 0.717) is 23.8 Å². The van der Waals surface area contributed by atoms with E-state index in [0.717, 1.165) is 29.2 Å². The predicted molar refractivity (Wildman–Crippen MR) is 140 cm³/mol. The van der Waals surface area contributed by atoms with E-state index in [-0.39, 0.29) is 19.6 Å². The second-order valence-electron chi connectivity index (χ2n) is 10.1. The van der Waals surface area contributed by atoms with Crippen molar-refractivity contribution in [2.45, 2.75) is 58.6 Å². The van der Waals surface area contributed by atoms with Crippen LogP contribution in [-0.2, 0) is 21.0 Å². The number of pyridine rings is 1. The van der Waals surface area contributed by atoms with Gasteiger partial charge in [0.1, 0.15) is 30.4 Å². The van der Waals surface area contributed by atoms with E-state index < -0.39 is 25.2 Å². The molecule has 0 radical (unpaired) electrons. The van der Waals surface area contributed by atoms with Crippen molar-refractivity contribution in [1.29, 1.82) is 0 Å². The summed E-state index contributed by atoms with van der Waals surface area (Å²) in [6.45, 7) is 11.9. The highest BCUT2D eigenvalue weighted by atomic mass is 28.3. The maximum absolute atomic E-state index is 12.0. The summed E-state index contributed by atoms with van der Waals surface area (Å²) in [5.74, 6) is 0.266. The molecule has 3 rings (SSSR count). The number of rotatable bonds is 13. The molecule has 36 heavy (non-hydrogen) atoms. The Morgan fingerprint density at radius 1 is 1.28 bits per heavy atom. The number of fused-ring (bicyclic) bond motifs is 1. The lowest BCUT2D eigenvalue weighted by molar-refractivity contribution is -1.05. The Hall–Kier alpha value is -2.76. The standard InChI is InChI=1S/C26H37N3O6Si/c1-6-34-24(30)15-21(17-29(31)32)20-8-7-9-22(14-20)35-23-10-11-27-26-25(23)19(2)16-28(26)18-33-12-13-36(3,4)5/h7-11,14,16,21,29,31H,6,12-13,15,17-18H2,1-5H3. The van der Waals surface area contributed by atoms with Gasteiger partial charge in [0, 0.05) is 33.0 Å². The van der Waals surface area contributed by atoms with E-state index in [2.05, 4.69) is 24.6 Å². The van der Waals surface area contributed by atoms with Gasteiger partial charge in [-0.3, -0.25) is 4.79 Å². The fourth-order valence-electron chi connectivity index (χ4n) is 4.00. The number of aromatic nitrogens is 2. The third-order valence-electron chi connectivity index (χ3n) is 5.83. The van der Waals surface area contributed by atoms with Gasteiger partial charge in [0.15, 0.2) is 0 Å². The van der Waals surface area contributed by atoms with Gasteiger partial charge in [0.05, 0.1) is 18.4 Å². The van der Waals surface area contributed by atoms with Crippen LogP contribution in [0.2, 0.25) is 25.7 Å². The quantitative estimate of drug-likeness (QED) is 0.151. The number of aryl methyl sites for hydroxylation is 1. The summed E-state index contributed by atoms with van der Waals surface area (Å²) >= 11 is 0. The number of hydrogen-bond acceptors (Lipinski definition) is 7. The molecular weight excluding hydrogens is 478 g/mol. The molecule has 2 heterocycles. The van der Waals surface area contributed by atoms with Gasteiger partial charge in [-0.2, -0.15) is 0 Å². The first kappa shape index (κ1) is 27.8. The molecule has 0 aliphatic carbocycles. The largest absolute Gasteiger partial charge is 0.600 e. The van der Waals surface area contributed by atoms with Crippen molar-refractivity contribution in [3.8, 4) is 11.5 Å².